The highest BCUT2D eigenvalue weighted by Crippen LogP contribution is 2.33. The van der Waals surface area contributed by atoms with Crippen molar-refractivity contribution in [1.29, 1.82) is 0 Å². The Hall–Kier alpha value is -3.46. The van der Waals surface area contributed by atoms with Crippen molar-refractivity contribution >= 4 is 17.7 Å². The van der Waals surface area contributed by atoms with E-state index in [2.05, 4.69) is 33.4 Å². The number of hydrogen-bond acceptors (Lipinski definition) is 6. The first-order valence-corrected chi connectivity index (χ1v) is 9.76. The number of aromatic nitrogens is 6. The molecule has 0 saturated carbocycles. The third-order valence-corrected chi connectivity index (χ3v) is 5.65. The van der Waals surface area contributed by atoms with Gasteiger partial charge in [0.05, 0.1) is 17.4 Å². The molecular weight excluding hydrogens is 388 g/mol. The maximum atomic E-state index is 11.0. The largest absolute Gasteiger partial charge is 0.478 e. The summed E-state index contributed by atoms with van der Waals surface area (Å²) >= 11 is 1.63. The van der Waals surface area contributed by atoms with Crippen LogP contribution in [0, 0.1) is 0 Å². The summed E-state index contributed by atoms with van der Waals surface area (Å²) in [6.07, 6.45) is 3.35. The molecule has 0 radical (unpaired) electrons. The predicted octanol–water partition coefficient (Wildman–Crippen LogP) is 3.61. The lowest BCUT2D eigenvalue weighted by atomic mass is 10.1. The summed E-state index contributed by atoms with van der Waals surface area (Å²) in [4.78, 5) is 12.6. The molecule has 1 atom stereocenters. The molecule has 2 aromatic heterocycles. The topological polar surface area (TPSA) is 98.7 Å². The molecule has 1 unspecified atom stereocenters. The maximum Gasteiger partial charge on any atom is 0.335 e. The molecule has 2 aromatic carbocycles. The fourth-order valence-electron chi connectivity index (χ4n) is 2.81. The first kappa shape index (κ1) is 18.9. The Morgan fingerprint density at radius 1 is 1.17 bits per heavy atom. The van der Waals surface area contributed by atoms with Crippen molar-refractivity contribution in [2.45, 2.75) is 17.3 Å². The SMILES string of the molecule is CC(Sc1nncn1C)c1cccc(-n2ncc(-c3ccc(C(=O)O)cc3)n2)c1. The van der Waals surface area contributed by atoms with Crippen LogP contribution in [-0.2, 0) is 7.05 Å². The van der Waals surface area contributed by atoms with Gasteiger partial charge >= 0.3 is 5.97 Å². The molecular formula is C20H18N6O2S. The second-order valence-electron chi connectivity index (χ2n) is 6.48. The summed E-state index contributed by atoms with van der Waals surface area (Å²) in [6.45, 7) is 2.12. The van der Waals surface area contributed by atoms with E-state index in [-0.39, 0.29) is 10.8 Å². The maximum absolute atomic E-state index is 11.0. The Morgan fingerprint density at radius 2 is 1.97 bits per heavy atom. The molecule has 0 bridgehead atoms. The molecule has 29 heavy (non-hydrogen) atoms. The number of carboxylic acid groups (broad SMARTS) is 1. The number of carboxylic acids is 1. The standard InChI is InChI=1S/C20H18N6O2S/c1-13(29-20-23-21-12-25(20)2)16-4-3-5-17(10-16)26-22-11-18(24-26)14-6-8-15(9-7-14)19(27)28/h3-13H,1-2H3,(H,27,28). The number of nitrogens with zero attached hydrogens (tertiary/aromatic N) is 6. The van der Waals surface area contributed by atoms with Gasteiger partial charge in [0.1, 0.15) is 12.0 Å². The van der Waals surface area contributed by atoms with Gasteiger partial charge in [-0.15, -0.1) is 15.3 Å². The van der Waals surface area contributed by atoms with Crippen molar-refractivity contribution in [3.05, 3.63) is 72.2 Å². The molecule has 0 aliphatic rings. The Labute approximate surface area is 171 Å². The van der Waals surface area contributed by atoms with E-state index in [1.807, 2.05) is 29.8 Å². The number of hydrogen-bond donors (Lipinski definition) is 1. The lowest BCUT2D eigenvalue weighted by molar-refractivity contribution is 0.0697. The zero-order valence-electron chi connectivity index (χ0n) is 15.8. The molecule has 0 aliphatic carbocycles. The summed E-state index contributed by atoms with van der Waals surface area (Å²) in [5, 5.41) is 27.0. The van der Waals surface area contributed by atoms with Gasteiger partial charge in [-0.25, -0.2) is 4.79 Å². The van der Waals surface area contributed by atoms with E-state index in [9.17, 15) is 4.79 Å². The van der Waals surface area contributed by atoms with Crippen LogP contribution in [-0.4, -0.2) is 40.8 Å². The van der Waals surface area contributed by atoms with Gasteiger partial charge in [0.15, 0.2) is 5.16 Å². The number of benzene rings is 2. The van der Waals surface area contributed by atoms with E-state index in [1.54, 1.807) is 53.3 Å². The Bertz CT molecular complexity index is 1150. The van der Waals surface area contributed by atoms with E-state index >= 15 is 0 Å². The molecule has 0 aliphatic heterocycles. The summed E-state index contributed by atoms with van der Waals surface area (Å²) in [6, 6.07) is 14.6. The molecule has 8 nitrogen and oxygen atoms in total. The van der Waals surface area contributed by atoms with Gasteiger partial charge in [-0.2, -0.15) is 9.90 Å². The van der Waals surface area contributed by atoms with Gasteiger partial charge in [-0.3, -0.25) is 0 Å². The van der Waals surface area contributed by atoms with Crippen LogP contribution in [0.1, 0.15) is 28.1 Å². The van der Waals surface area contributed by atoms with Crippen molar-refractivity contribution in [1.82, 2.24) is 29.8 Å². The lowest BCUT2D eigenvalue weighted by Crippen LogP contribution is -2.01. The molecule has 146 valence electrons. The summed E-state index contributed by atoms with van der Waals surface area (Å²) < 4.78 is 1.89. The zero-order valence-corrected chi connectivity index (χ0v) is 16.6. The molecule has 2 heterocycles. The molecule has 4 aromatic rings. The van der Waals surface area contributed by atoms with Crippen LogP contribution in [0.25, 0.3) is 16.9 Å². The summed E-state index contributed by atoms with van der Waals surface area (Å²) in [7, 11) is 1.92. The normalized spacial score (nSPS) is 12.1. The van der Waals surface area contributed by atoms with Gasteiger partial charge in [0, 0.05) is 17.9 Å². The molecule has 0 amide bonds. The average Bonchev–Trinajstić information content (AvgIpc) is 3.38. The number of aryl methyl sites for hydroxylation is 1. The van der Waals surface area contributed by atoms with Crippen molar-refractivity contribution in [2.24, 2.45) is 7.05 Å². The van der Waals surface area contributed by atoms with Gasteiger partial charge in [-0.1, -0.05) is 36.0 Å². The predicted molar refractivity (Wildman–Crippen MR) is 109 cm³/mol. The minimum Gasteiger partial charge on any atom is -0.478 e. The monoisotopic (exact) mass is 406 g/mol. The quantitative estimate of drug-likeness (QED) is 0.488. The van der Waals surface area contributed by atoms with Crippen molar-refractivity contribution in [3.8, 4) is 16.9 Å². The van der Waals surface area contributed by atoms with Gasteiger partial charge in [0.25, 0.3) is 0 Å². The van der Waals surface area contributed by atoms with E-state index in [0.29, 0.717) is 5.69 Å². The van der Waals surface area contributed by atoms with Gasteiger partial charge in [0.2, 0.25) is 0 Å². The zero-order chi connectivity index (χ0) is 20.4. The van der Waals surface area contributed by atoms with Crippen molar-refractivity contribution < 1.29 is 9.90 Å². The highest BCUT2D eigenvalue weighted by atomic mass is 32.2. The second-order valence-corrected chi connectivity index (χ2v) is 7.79. The number of aromatic carboxylic acids is 1. The smallest absolute Gasteiger partial charge is 0.335 e. The summed E-state index contributed by atoms with van der Waals surface area (Å²) in [5.74, 6) is -0.953. The number of carbonyl (C=O) groups is 1. The van der Waals surface area contributed by atoms with E-state index in [1.165, 1.54) is 0 Å². The van der Waals surface area contributed by atoms with Crippen LogP contribution in [0.4, 0.5) is 0 Å². The first-order valence-electron chi connectivity index (χ1n) is 8.88. The average molecular weight is 406 g/mol. The first-order chi connectivity index (χ1) is 14.0. The molecule has 0 saturated heterocycles. The minimum atomic E-state index is -0.953. The molecule has 4 rings (SSSR count). The lowest BCUT2D eigenvalue weighted by Gasteiger charge is -2.12. The van der Waals surface area contributed by atoms with E-state index in [0.717, 1.165) is 22.0 Å². The number of rotatable bonds is 6. The third kappa shape index (κ3) is 4.04. The highest BCUT2D eigenvalue weighted by molar-refractivity contribution is 7.99. The minimum absolute atomic E-state index is 0.177. The van der Waals surface area contributed by atoms with E-state index in [4.69, 9.17) is 5.11 Å². The van der Waals surface area contributed by atoms with Crippen LogP contribution < -0.4 is 0 Å². The van der Waals surface area contributed by atoms with Crippen molar-refractivity contribution in [3.63, 3.8) is 0 Å². The molecule has 0 spiro atoms. The molecule has 9 heteroatoms. The fraction of sp³-hybridized carbons (Fsp3) is 0.150. The van der Waals surface area contributed by atoms with Crippen LogP contribution >= 0.6 is 11.8 Å². The van der Waals surface area contributed by atoms with Gasteiger partial charge in [-0.05, 0) is 36.8 Å². The fourth-order valence-corrected chi connectivity index (χ4v) is 3.72. The van der Waals surface area contributed by atoms with Crippen LogP contribution in [0.15, 0.2) is 66.2 Å². The Morgan fingerprint density at radius 3 is 2.66 bits per heavy atom. The summed E-state index contributed by atoms with van der Waals surface area (Å²) in [5.41, 5.74) is 3.70. The van der Waals surface area contributed by atoms with Crippen LogP contribution in [0.5, 0.6) is 0 Å². The number of thioether (sulfide) groups is 1. The molecule has 1 N–H and O–H groups in total. The second kappa shape index (κ2) is 7.88. The molecule has 0 fully saturated rings. The van der Waals surface area contributed by atoms with Crippen molar-refractivity contribution in [2.75, 3.05) is 0 Å². The Kier molecular flexibility index (Phi) is 5.13. The Balaban J connectivity index is 1.56. The van der Waals surface area contributed by atoms with Crippen LogP contribution in [0.3, 0.4) is 0 Å². The third-order valence-electron chi connectivity index (χ3n) is 4.44. The van der Waals surface area contributed by atoms with Crippen LogP contribution in [0.2, 0.25) is 0 Å². The van der Waals surface area contributed by atoms with E-state index < -0.39 is 5.97 Å². The highest BCUT2D eigenvalue weighted by Gasteiger charge is 2.13. The van der Waals surface area contributed by atoms with Gasteiger partial charge < -0.3 is 9.67 Å².